The van der Waals surface area contributed by atoms with E-state index >= 15 is 0 Å². The third-order valence-corrected chi connectivity index (χ3v) is 4.03. The summed E-state index contributed by atoms with van der Waals surface area (Å²) in [7, 11) is 0. The number of nitrogens with zero attached hydrogens (tertiary/aromatic N) is 2. The first-order chi connectivity index (χ1) is 14.7. The molecular formula is C24H26CuN2O5. The second kappa shape index (κ2) is 12.6. The molecule has 0 aliphatic carbocycles. The van der Waals surface area contributed by atoms with Gasteiger partial charge in [-0.1, -0.05) is 30.8 Å². The second-order valence-electron chi connectivity index (χ2n) is 6.98. The summed E-state index contributed by atoms with van der Waals surface area (Å²) in [6.45, 7) is 10.2. The number of carbonyl (C=O) groups excluding carboxylic acids is 2. The van der Waals surface area contributed by atoms with Crippen LogP contribution >= 0.6 is 0 Å². The molecule has 3 rings (SSSR count). The van der Waals surface area contributed by atoms with Gasteiger partial charge in [0.05, 0.1) is 22.9 Å². The Labute approximate surface area is 197 Å². The van der Waals surface area contributed by atoms with Gasteiger partial charge in [-0.15, -0.1) is 0 Å². The Morgan fingerprint density at radius 1 is 0.906 bits per heavy atom. The maximum absolute atomic E-state index is 10.9. The van der Waals surface area contributed by atoms with E-state index in [0.29, 0.717) is 0 Å². The summed E-state index contributed by atoms with van der Waals surface area (Å²) in [4.78, 5) is 30.8. The molecule has 0 saturated heterocycles. The van der Waals surface area contributed by atoms with Gasteiger partial charge in [0.15, 0.2) is 0 Å². The standard InChI is InChI=1S/C14H12N2.C10H14O5.Cu/c1-9-3-5-11-7-8-12-6-4-10(2)16-14(12)13(11)15-9;1-7(2)10(13)15-5-4-14-9(12)6-8(3)11;/h3-8H,1-2H3;6,11H,1,4-5H2,2-3H3;/b;8-6-;. The van der Waals surface area contributed by atoms with Gasteiger partial charge < -0.3 is 14.6 Å². The number of aryl methyl sites for hydroxylation is 2. The number of aromatic nitrogens is 2. The molecule has 1 N–H and O–H groups in total. The van der Waals surface area contributed by atoms with Crippen LogP contribution in [0.15, 0.2) is 60.4 Å². The Hall–Kier alpha value is -3.22. The van der Waals surface area contributed by atoms with Crippen molar-refractivity contribution >= 4 is 33.7 Å². The summed E-state index contributed by atoms with van der Waals surface area (Å²) in [5.74, 6) is -1.35. The first-order valence-electron chi connectivity index (χ1n) is 9.67. The number of esters is 2. The Bertz CT molecular complexity index is 1090. The molecule has 32 heavy (non-hydrogen) atoms. The average molecular weight is 486 g/mol. The molecule has 2 aromatic heterocycles. The van der Waals surface area contributed by atoms with E-state index in [1.165, 1.54) is 13.8 Å². The van der Waals surface area contributed by atoms with Crippen molar-refractivity contribution in [2.45, 2.75) is 27.7 Å². The van der Waals surface area contributed by atoms with Crippen LogP contribution in [0.5, 0.6) is 0 Å². The number of hydrogen-bond donors (Lipinski definition) is 1. The molecule has 0 bridgehead atoms. The quantitative estimate of drug-likeness (QED) is 0.142. The summed E-state index contributed by atoms with van der Waals surface area (Å²) in [6, 6.07) is 12.5. The number of ether oxygens (including phenoxy) is 2. The van der Waals surface area contributed by atoms with E-state index in [1.54, 1.807) is 0 Å². The normalized spacial score (nSPS) is 10.6. The number of fused-ring (bicyclic) bond motifs is 3. The van der Waals surface area contributed by atoms with Gasteiger partial charge >= 0.3 is 11.9 Å². The van der Waals surface area contributed by atoms with Gasteiger partial charge in [-0.05, 0) is 39.8 Å². The van der Waals surface area contributed by atoms with Crippen LogP contribution < -0.4 is 0 Å². The first-order valence-corrected chi connectivity index (χ1v) is 9.67. The molecule has 0 spiro atoms. The van der Waals surface area contributed by atoms with E-state index < -0.39 is 11.9 Å². The number of aliphatic hydroxyl groups is 1. The minimum absolute atomic E-state index is 0. The van der Waals surface area contributed by atoms with Gasteiger partial charge in [-0.2, -0.15) is 0 Å². The number of aliphatic hydroxyl groups excluding tert-OH is 1. The molecular weight excluding hydrogens is 460 g/mol. The predicted molar refractivity (Wildman–Crippen MR) is 120 cm³/mol. The molecule has 173 valence electrons. The van der Waals surface area contributed by atoms with Crippen molar-refractivity contribution in [1.29, 1.82) is 0 Å². The van der Waals surface area contributed by atoms with Crippen molar-refractivity contribution in [2.75, 3.05) is 13.2 Å². The number of benzene rings is 1. The Morgan fingerprint density at radius 3 is 1.78 bits per heavy atom. The average Bonchev–Trinajstić information content (AvgIpc) is 2.70. The SMILES string of the molecule is C=C(C)C(=O)OCCOC(=O)/C=C(/C)O.Cc1ccc2ccc3ccc(C)nc3c2n1.[Cu]. The summed E-state index contributed by atoms with van der Waals surface area (Å²) in [5.41, 5.74) is 4.35. The minimum atomic E-state index is -0.679. The zero-order valence-electron chi connectivity index (χ0n) is 18.4. The van der Waals surface area contributed by atoms with E-state index in [-0.39, 0.29) is 41.6 Å². The van der Waals surface area contributed by atoms with Crippen LogP contribution in [0.4, 0.5) is 0 Å². The fourth-order valence-electron chi connectivity index (χ4n) is 2.57. The van der Waals surface area contributed by atoms with Crippen molar-refractivity contribution in [2.24, 2.45) is 0 Å². The zero-order chi connectivity index (χ0) is 23.0. The van der Waals surface area contributed by atoms with Crippen LogP contribution in [-0.2, 0) is 36.1 Å². The van der Waals surface area contributed by atoms with E-state index in [0.717, 1.165) is 39.3 Å². The van der Waals surface area contributed by atoms with E-state index in [4.69, 9.17) is 5.11 Å². The van der Waals surface area contributed by atoms with Crippen molar-refractivity contribution in [3.63, 3.8) is 0 Å². The topological polar surface area (TPSA) is 98.6 Å². The number of carbonyl (C=O) groups is 2. The molecule has 3 aromatic rings. The summed E-state index contributed by atoms with van der Waals surface area (Å²) in [5, 5.41) is 11.0. The Kier molecular flexibility index (Phi) is 10.5. The van der Waals surface area contributed by atoms with Crippen LogP contribution in [0.2, 0.25) is 0 Å². The molecule has 0 fully saturated rings. The molecule has 0 aliphatic rings. The van der Waals surface area contributed by atoms with Gasteiger partial charge in [0, 0.05) is 44.8 Å². The van der Waals surface area contributed by atoms with Crippen LogP contribution in [0, 0.1) is 13.8 Å². The monoisotopic (exact) mass is 485 g/mol. The molecule has 1 aromatic carbocycles. The summed E-state index contributed by atoms with van der Waals surface area (Å²) >= 11 is 0. The van der Waals surface area contributed by atoms with E-state index in [9.17, 15) is 9.59 Å². The molecule has 2 heterocycles. The second-order valence-corrected chi connectivity index (χ2v) is 6.98. The summed E-state index contributed by atoms with van der Waals surface area (Å²) in [6.07, 6.45) is 0.931. The molecule has 0 unspecified atom stereocenters. The molecule has 0 aliphatic heterocycles. The van der Waals surface area contributed by atoms with Crippen LogP contribution in [0.25, 0.3) is 21.8 Å². The first kappa shape index (κ1) is 26.8. The van der Waals surface area contributed by atoms with Crippen LogP contribution in [0.1, 0.15) is 25.2 Å². The Morgan fingerprint density at radius 2 is 1.34 bits per heavy atom. The molecule has 0 saturated carbocycles. The van der Waals surface area contributed by atoms with Gasteiger partial charge in [0.25, 0.3) is 0 Å². The van der Waals surface area contributed by atoms with Crippen molar-refractivity contribution < 1.29 is 41.2 Å². The van der Waals surface area contributed by atoms with Gasteiger partial charge in [0.2, 0.25) is 0 Å². The van der Waals surface area contributed by atoms with Crippen molar-refractivity contribution in [3.05, 3.63) is 71.8 Å². The fraction of sp³-hybridized carbons (Fsp3) is 0.250. The van der Waals surface area contributed by atoms with E-state index in [1.807, 2.05) is 26.0 Å². The third-order valence-electron chi connectivity index (χ3n) is 4.03. The summed E-state index contributed by atoms with van der Waals surface area (Å²) < 4.78 is 9.26. The third kappa shape index (κ3) is 8.13. The largest absolute Gasteiger partial charge is 0.512 e. The van der Waals surface area contributed by atoms with Crippen LogP contribution in [-0.4, -0.2) is 40.2 Å². The molecule has 1 radical (unpaired) electrons. The maximum atomic E-state index is 10.9. The molecule has 7 nitrogen and oxygen atoms in total. The Balaban J connectivity index is 0.000000312. The smallest absolute Gasteiger partial charge is 0.334 e. The van der Waals surface area contributed by atoms with Gasteiger partial charge in [-0.3, -0.25) is 9.97 Å². The number of hydrogen-bond acceptors (Lipinski definition) is 7. The van der Waals surface area contributed by atoms with E-state index in [2.05, 4.69) is 50.3 Å². The van der Waals surface area contributed by atoms with Gasteiger partial charge in [0.1, 0.15) is 13.2 Å². The molecule has 0 amide bonds. The zero-order valence-corrected chi connectivity index (χ0v) is 19.4. The van der Waals surface area contributed by atoms with Crippen molar-refractivity contribution in [3.8, 4) is 0 Å². The molecule has 8 heteroatoms. The number of pyridine rings is 2. The van der Waals surface area contributed by atoms with Crippen LogP contribution in [0.3, 0.4) is 0 Å². The number of rotatable bonds is 5. The minimum Gasteiger partial charge on any atom is -0.512 e. The van der Waals surface area contributed by atoms with Crippen molar-refractivity contribution in [1.82, 2.24) is 9.97 Å². The number of allylic oxidation sites excluding steroid dienone is 1. The van der Waals surface area contributed by atoms with Gasteiger partial charge in [-0.25, -0.2) is 9.59 Å². The maximum Gasteiger partial charge on any atom is 0.334 e. The predicted octanol–water partition coefficient (Wildman–Crippen LogP) is 4.51. The fourth-order valence-corrected chi connectivity index (χ4v) is 2.57. The molecule has 0 atom stereocenters.